The largest absolute Gasteiger partial charge is 0.372 e. The molecule has 1 heterocycles. The maximum Gasteiger partial charge on any atom is 0.0736 e. The molecule has 82 valence electrons. The van der Waals surface area contributed by atoms with Gasteiger partial charge in [-0.1, -0.05) is 36.4 Å². The molecule has 2 nitrogen and oxygen atoms in total. The van der Waals surface area contributed by atoms with Crippen molar-refractivity contribution in [1.29, 1.82) is 0 Å². The molecule has 0 aliphatic heterocycles. The van der Waals surface area contributed by atoms with Gasteiger partial charge in [-0.2, -0.15) is 0 Å². The molecule has 0 aliphatic carbocycles. The topological polar surface area (TPSA) is 22.1 Å². The average molecular weight is 213 g/mol. The van der Waals surface area contributed by atoms with Crippen molar-refractivity contribution < 1.29 is 4.74 Å². The summed E-state index contributed by atoms with van der Waals surface area (Å²) in [5.41, 5.74) is 3.49. The van der Waals surface area contributed by atoms with Crippen molar-refractivity contribution in [3.63, 3.8) is 0 Å². The third kappa shape index (κ3) is 3.17. The second kappa shape index (κ2) is 5.42. The molecule has 2 aromatic rings. The minimum atomic E-state index is 0.615. The van der Waals surface area contributed by atoms with E-state index in [0.29, 0.717) is 13.2 Å². The number of nitrogens with zero attached hydrogens (tertiary/aromatic N) is 1. The van der Waals surface area contributed by atoms with Crippen molar-refractivity contribution in [3.05, 3.63) is 65.5 Å². The van der Waals surface area contributed by atoms with Gasteiger partial charge in [0.25, 0.3) is 0 Å². The zero-order valence-corrected chi connectivity index (χ0v) is 9.39. The highest BCUT2D eigenvalue weighted by Gasteiger charge is 1.95. The normalized spacial score (nSPS) is 10.3. The maximum atomic E-state index is 5.62. The van der Waals surface area contributed by atoms with Gasteiger partial charge in [-0.25, -0.2) is 0 Å². The van der Waals surface area contributed by atoms with Crippen LogP contribution in [-0.4, -0.2) is 4.98 Å². The minimum Gasteiger partial charge on any atom is -0.372 e. The van der Waals surface area contributed by atoms with Crippen LogP contribution in [0.5, 0.6) is 0 Å². The molecule has 0 bridgehead atoms. The predicted molar refractivity (Wildman–Crippen MR) is 63.9 cm³/mol. The van der Waals surface area contributed by atoms with Crippen molar-refractivity contribution in [1.82, 2.24) is 4.98 Å². The molecule has 2 rings (SSSR count). The first kappa shape index (κ1) is 10.8. The summed E-state index contributed by atoms with van der Waals surface area (Å²) in [6.45, 7) is 3.30. The van der Waals surface area contributed by atoms with Crippen LogP contribution in [0.3, 0.4) is 0 Å². The average Bonchev–Trinajstić information content (AvgIpc) is 2.30. The highest BCUT2D eigenvalue weighted by atomic mass is 16.5. The summed E-state index contributed by atoms with van der Waals surface area (Å²) in [6, 6.07) is 12.3. The van der Waals surface area contributed by atoms with Gasteiger partial charge in [-0.05, 0) is 23.6 Å². The predicted octanol–water partition coefficient (Wildman–Crippen LogP) is 3.11. The molecule has 0 N–H and O–H groups in total. The Kier molecular flexibility index (Phi) is 3.67. The van der Waals surface area contributed by atoms with Crippen LogP contribution >= 0.6 is 0 Å². The number of ether oxygens (including phenoxy) is 1. The fourth-order valence-electron chi connectivity index (χ4n) is 1.56. The van der Waals surface area contributed by atoms with Crippen molar-refractivity contribution in [2.24, 2.45) is 0 Å². The van der Waals surface area contributed by atoms with Crippen LogP contribution in [-0.2, 0) is 18.0 Å². The number of hydrogen-bond donors (Lipinski definition) is 0. The molecular formula is C14H15NO. The van der Waals surface area contributed by atoms with E-state index < -0.39 is 0 Å². The summed E-state index contributed by atoms with van der Waals surface area (Å²) in [7, 11) is 0. The van der Waals surface area contributed by atoms with Crippen LogP contribution in [0.25, 0.3) is 0 Å². The van der Waals surface area contributed by atoms with Crippen molar-refractivity contribution >= 4 is 0 Å². The molecule has 0 saturated carbocycles. The first-order valence-corrected chi connectivity index (χ1v) is 5.37. The summed E-state index contributed by atoms with van der Waals surface area (Å²) >= 11 is 0. The quantitative estimate of drug-likeness (QED) is 0.778. The Morgan fingerprint density at radius 2 is 1.75 bits per heavy atom. The van der Waals surface area contributed by atoms with Crippen LogP contribution in [0.1, 0.15) is 16.7 Å². The third-order valence-corrected chi connectivity index (χ3v) is 2.31. The standard InChI is InChI=1S/C14H15NO/c1-12-7-14(9-15-8-12)11-16-10-13-5-3-2-4-6-13/h2-9H,10-11H2,1H3. The lowest BCUT2D eigenvalue weighted by molar-refractivity contribution is 0.107. The van der Waals surface area contributed by atoms with E-state index in [1.54, 1.807) is 0 Å². The van der Waals surface area contributed by atoms with Crippen molar-refractivity contribution in [2.45, 2.75) is 20.1 Å². The molecule has 0 fully saturated rings. The van der Waals surface area contributed by atoms with Crippen molar-refractivity contribution in [3.8, 4) is 0 Å². The number of hydrogen-bond acceptors (Lipinski definition) is 2. The molecule has 0 radical (unpaired) electrons. The molecule has 0 atom stereocenters. The zero-order chi connectivity index (χ0) is 11.2. The van der Waals surface area contributed by atoms with Gasteiger partial charge < -0.3 is 4.74 Å². The van der Waals surface area contributed by atoms with E-state index in [0.717, 1.165) is 5.56 Å². The van der Waals surface area contributed by atoms with Crippen molar-refractivity contribution in [2.75, 3.05) is 0 Å². The Balaban J connectivity index is 1.85. The van der Waals surface area contributed by atoms with Gasteiger partial charge in [0.05, 0.1) is 13.2 Å². The molecule has 1 aromatic heterocycles. The van der Waals surface area contributed by atoms with Gasteiger partial charge >= 0.3 is 0 Å². The lowest BCUT2D eigenvalue weighted by atomic mass is 10.2. The second-order valence-electron chi connectivity index (χ2n) is 3.85. The van der Waals surface area contributed by atoms with Gasteiger partial charge in [0.1, 0.15) is 0 Å². The van der Waals surface area contributed by atoms with Crippen LogP contribution in [0, 0.1) is 6.92 Å². The van der Waals surface area contributed by atoms with Gasteiger partial charge in [0.15, 0.2) is 0 Å². The fourth-order valence-corrected chi connectivity index (χ4v) is 1.56. The maximum absolute atomic E-state index is 5.62. The number of aromatic nitrogens is 1. The highest BCUT2D eigenvalue weighted by molar-refractivity contribution is 5.16. The SMILES string of the molecule is Cc1cncc(COCc2ccccc2)c1. The fraction of sp³-hybridized carbons (Fsp3) is 0.214. The molecule has 1 aromatic carbocycles. The van der Waals surface area contributed by atoms with Crippen LogP contribution in [0.4, 0.5) is 0 Å². The lowest BCUT2D eigenvalue weighted by Crippen LogP contribution is -1.95. The van der Waals surface area contributed by atoms with Crippen LogP contribution in [0.2, 0.25) is 0 Å². The number of pyridine rings is 1. The van der Waals surface area contributed by atoms with E-state index in [9.17, 15) is 0 Å². The zero-order valence-electron chi connectivity index (χ0n) is 9.39. The second-order valence-corrected chi connectivity index (χ2v) is 3.85. The molecule has 0 unspecified atom stereocenters. The third-order valence-electron chi connectivity index (χ3n) is 2.31. The minimum absolute atomic E-state index is 0.615. The monoisotopic (exact) mass is 213 g/mol. The van der Waals surface area contributed by atoms with Gasteiger partial charge in [0, 0.05) is 12.4 Å². The Bertz CT molecular complexity index is 439. The van der Waals surface area contributed by atoms with E-state index in [2.05, 4.69) is 23.2 Å². The lowest BCUT2D eigenvalue weighted by Gasteiger charge is -2.04. The molecule has 0 saturated heterocycles. The van der Waals surface area contributed by atoms with Gasteiger partial charge in [-0.15, -0.1) is 0 Å². The van der Waals surface area contributed by atoms with E-state index in [-0.39, 0.29) is 0 Å². The Morgan fingerprint density at radius 3 is 2.50 bits per heavy atom. The Labute approximate surface area is 95.9 Å². The molecule has 0 aliphatic rings. The van der Waals surface area contributed by atoms with Crippen LogP contribution in [0.15, 0.2) is 48.8 Å². The molecule has 16 heavy (non-hydrogen) atoms. The van der Waals surface area contributed by atoms with E-state index >= 15 is 0 Å². The van der Waals surface area contributed by atoms with Crippen LogP contribution < -0.4 is 0 Å². The van der Waals surface area contributed by atoms with Gasteiger partial charge in [0.2, 0.25) is 0 Å². The molecule has 0 spiro atoms. The Hall–Kier alpha value is -1.67. The Morgan fingerprint density at radius 1 is 1.00 bits per heavy atom. The summed E-state index contributed by atoms with van der Waals surface area (Å²) in [5, 5.41) is 0. The summed E-state index contributed by atoms with van der Waals surface area (Å²) < 4.78 is 5.62. The molecule has 0 amide bonds. The smallest absolute Gasteiger partial charge is 0.0736 e. The number of rotatable bonds is 4. The first-order valence-electron chi connectivity index (χ1n) is 5.37. The summed E-state index contributed by atoms with van der Waals surface area (Å²) in [6.07, 6.45) is 3.69. The van der Waals surface area contributed by atoms with E-state index in [4.69, 9.17) is 4.74 Å². The number of benzene rings is 1. The summed E-state index contributed by atoms with van der Waals surface area (Å²) in [4.78, 5) is 4.13. The van der Waals surface area contributed by atoms with E-state index in [1.807, 2.05) is 37.5 Å². The highest BCUT2D eigenvalue weighted by Crippen LogP contribution is 2.06. The summed E-state index contributed by atoms with van der Waals surface area (Å²) in [5.74, 6) is 0. The van der Waals surface area contributed by atoms with Gasteiger partial charge in [-0.3, -0.25) is 4.98 Å². The van der Waals surface area contributed by atoms with E-state index in [1.165, 1.54) is 11.1 Å². The first-order chi connectivity index (χ1) is 7.84. The molecular weight excluding hydrogens is 198 g/mol. The molecule has 2 heteroatoms. The number of aryl methyl sites for hydroxylation is 1.